The molecule has 0 aromatic heterocycles. The van der Waals surface area contributed by atoms with Crippen LogP contribution in [0.15, 0.2) is 23.1 Å². The quantitative estimate of drug-likeness (QED) is 0.765. The number of carbonyl (C=O) groups excluding carboxylic acids is 2. The number of carbonyl (C=O) groups is 2. The van der Waals surface area contributed by atoms with Crippen molar-refractivity contribution in [2.75, 3.05) is 39.8 Å². The van der Waals surface area contributed by atoms with Crippen molar-refractivity contribution in [1.29, 1.82) is 0 Å². The topological polar surface area (TPSA) is 96.0 Å². The first kappa shape index (κ1) is 20.2. The number of benzene rings is 1. The summed E-state index contributed by atoms with van der Waals surface area (Å²) in [6.07, 6.45) is 0.0779. The fraction of sp³-hybridized carbons (Fsp3) is 0.529. The van der Waals surface area contributed by atoms with E-state index in [9.17, 15) is 18.0 Å². The molecule has 0 radical (unpaired) electrons. The Bertz CT molecular complexity index is 771. The van der Waals surface area contributed by atoms with E-state index >= 15 is 0 Å². The van der Waals surface area contributed by atoms with E-state index in [0.29, 0.717) is 37.5 Å². The summed E-state index contributed by atoms with van der Waals surface area (Å²) >= 11 is 0. The fourth-order valence-electron chi connectivity index (χ4n) is 2.85. The van der Waals surface area contributed by atoms with Crippen LogP contribution in [0.25, 0.3) is 0 Å². The van der Waals surface area contributed by atoms with E-state index in [4.69, 9.17) is 4.74 Å². The molecule has 0 spiro atoms. The lowest BCUT2D eigenvalue weighted by molar-refractivity contribution is -0.138. The minimum absolute atomic E-state index is 0.000259. The molecule has 1 aromatic carbocycles. The molecule has 2 rings (SSSR count). The van der Waals surface area contributed by atoms with Crippen molar-refractivity contribution >= 4 is 21.8 Å². The zero-order valence-electron chi connectivity index (χ0n) is 15.3. The molecule has 0 atom stereocenters. The van der Waals surface area contributed by atoms with Crippen molar-refractivity contribution in [3.05, 3.63) is 23.8 Å². The molecule has 2 amide bonds. The Balaban J connectivity index is 1.87. The van der Waals surface area contributed by atoms with Gasteiger partial charge in [0.15, 0.2) is 0 Å². The van der Waals surface area contributed by atoms with Crippen LogP contribution in [0.3, 0.4) is 0 Å². The predicted molar refractivity (Wildman–Crippen MR) is 96.4 cm³/mol. The molecule has 1 fully saturated rings. The van der Waals surface area contributed by atoms with Gasteiger partial charge in [-0.05, 0) is 30.7 Å². The summed E-state index contributed by atoms with van der Waals surface area (Å²) in [5.74, 6) is 0.461. The van der Waals surface area contributed by atoms with Gasteiger partial charge in [-0.2, -0.15) is 0 Å². The van der Waals surface area contributed by atoms with Gasteiger partial charge >= 0.3 is 0 Å². The first-order valence-corrected chi connectivity index (χ1v) is 9.90. The Hall–Kier alpha value is -2.13. The van der Waals surface area contributed by atoms with Crippen LogP contribution in [0.2, 0.25) is 0 Å². The lowest BCUT2D eigenvalue weighted by Crippen LogP contribution is -2.50. The number of aryl methyl sites for hydroxylation is 1. The van der Waals surface area contributed by atoms with E-state index in [1.54, 1.807) is 28.9 Å². The summed E-state index contributed by atoms with van der Waals surface area (Å²) < 4.78 is 32.4. The van der Waals surface area contributed by atoms with Gasteiger partial charge in [0, 0.05) is 46.1 Å². The standard InChI is InChI=1S/C17H25N3O5S/c1-13-12-15(25-3)4-5-16(13)26(23,24)18-7-6-17(22)20-10-8-19(9-11-20)14(2)21/h4-5,12,18H,6-11H2,1-3H3. The number of hydrogen-bond donors (Lipinski definition) is 1. The lowest BCUT2D eigenvalue weighted by Gasteiger charge is -2.34. The molecule has 0 aliphatic carbocycles. The van der Waals surface area contributed by atoms with Crippen LogP contribution in [0.1, 0.15) is 18.9 Å². The van der Waals surface area contributed by atoms with Crippen molar-refractivity contribution in [2.45, 2.75) is 25.2 Å². The Labute approximate surface area is 154 Å². The van der Waals surface area contributed by atoms with Crippen molar-refractivity contribution in [3.8, 4) is 5.75 Å². The van der Waals surface area contributed by atoms with Crippen LogP contribution < -0.4 is 9.46 Å². The van der Waals surface area contributed by atoms with Crippen molar-refractivity contribution in [1.82, 2.24) is 14.5 Å². The highest BCUT2D eigenvalue weighted by Gasteiger charge is 2.23. The van der Waals surface area contributed by atoms with Crippen LogP contribution in [0.5, 0.6) is 5.75 Å². The molecule has 0 saturated carbocycles. The first-order valence-electron chi connectivity index (χ1n) is 8.42. The molecular weight excluding hydrogens is 358 g/mol. The first-order chi connectivity index (χ1) is 12.2. The van der Waals surface area contributed by atoms with Crippen LogP contribution in [-0.2, 0) is 19.6 Å². The summed E-state index contributed by atoms with van der Waals surface area (Å²) in [6, 6.07) is 4.72. The van der Waals surface area contributed by atoms with Gasteiger partial charge in [-0.3, -0.25) is 9.59 Å². The highest BCUT2D eigenvalue weighted by atomic mass is 32.2. The zero-order valence-corrected chi connectivity index (χ0v) is 16.1. The second-order valence-electron chi connectivity index (χ2n) is 6.17. The number of ether oxygens (including phenoxy) is 1. The van der Waals surface area contributed by atoms with Crippen molar-refractivity contribution in [3.63, 3.8) is 0 Å². The molecule has 0 bridgehead atoms. The lowest BCUT2D eigenvalue weighted by atomic mass is 10.2. The average Bonchev–Trinajstić information content (AvgIpc) is 2.61. The molecule has 8 nitrogen and oxygen atoms in total. The number of methoxy groups -OCH3 is 1. The molecule has 1 aliphatic heterocycles. The number of nitrogens with one attached hydrogen (secondary N) is 1. The summed E-state index contributed by atoms with van der Waals surface area (Å²) in [7, 11) is -2.17. The maximum absolute atomic E-state index is 12.4. The molecule has 0 unspecified atom stereocenters. The second kappa shape index (κ2) is 8.50. The third kappa shape index (κ3) is 4.95. The third-order valence-corrected chi connectivity index (χ3v) is 6.00. The van der Waals surface area contributed by atoms with E-state index in [1.165, 1.54) is 20.1 Å². The molecule has 1 N–H and O–H groups in total. The maximum Gasteiger partial charge on any atom is 0.240 e. The number of amides is 2. The van der Waals surface area contributed by atoms with Crippen molar-refractivity contribution < 1.29 is 22.7 Å². The van der Waals surface area contributed by atoms with Crippen LogP contribution >= 0.6 is 0 Å². The normalized spacial score (nSPS) is 15.0. The number of piperazine rings is 1. The highest BCUT2D eigenvalue weighted by molar-refractivity contribution is 7.89. The summed E-state index contributed by atoms with van der Waals surface area (Å²) in [6.45, 7) is 5.20. The van der Waals surface area contributed by atoms with Gasteiger partial charge in [0.2, 0.25) is 21.8 Å². The van der Waals surface area contributed by atoms with E-state index in [-0.39, 0.29) is 29.7 Å². The maximum atomic E-state index is 12.4. The fourth-order valence-corrected chi connectivity index (χ4v) is 4.11. The summed E-state index contributed by atoms with van der Waals surface area (Å²) in [4.78, 5) is 27.0. The Morgan fingerprint density at radius 3 is 2.31 bits per heavy atom. The van der Waals surface area contributed by atoms with E-state index in [0.717, 1.165) is 0 Å². The largest absolute Gasteiger partial charge is 0.497 e. The van der Waals surface area contributed by atoms with E-state index in [1.807, 2.05) is 0 Å². The highest BCUT2D eigenvalue weighted by Crippen LogP contribution is 2.20. The van der Waals surface area contributed by atoms with E-state index in [2.05, 4.69) is 4.72 Å². The molecule has 9 heteroatoms. The van der Waals surface area contributed by atoms with Crippen molar-refractivity contribution in [2.24, 2.45) is 0 Å². The van der Waals surface area contributed by atoms with Gasteiger partial charge < -0.3 is 14.5 Å². The predicted octanol–water partition coefficient (Wildman–Crippen LogP) is 0.363. The number of nitrogens with zero attached hydrogens (tertiary/aromatic N) is 2. The molecule has 1 heterocycles. The Morgan fingerprint density at radius 2 is 1.77 bits per heavy atom. The summed E-state index contributed by atoms with van der Waals surface area (Å²) in [5.41, 5.74) is 0.573. The monoisotopic (exact) mass is 383 g/mol. The molecule has 1 aliphatic rings. The van der Waals surface area contributed by atoms with Gasteiger partial charge in [-0.1, -0.05) is 0 Å². The number of hydrogen-bond acceptors (Lipinski definition) is 5. The number of sulfonamides is 1. The Morgan fingerprint density at radius 1 is 1.15 bits per heavy atom. The minimum Gasteiger partial charge on any atom is -0.497 e. The smallest absolute Gasteiger partial charge is 0.240 e. The van der Waals surface area contributed by atoms with Crippen LogP contribution in [-0.4, -0.2) is 69.9 Å². The second-order valence-corrected chi connectivity index (χ2v) is 7.90. The molecule has 1 aromatic rings. The van der Waals surface area contributed by atoms with Gasteiger partial charge in [0.1, 0.15) is 5.75 Å². The van der Waals surface area contributed by atoms with Gasteiger partial charge in [0.25, 0.3) is 0 Å². The zero-order chi connectivity index (χ0) is 19.3. The summed E-state index contributed by atoms with van der Waals surface area (Å²) in [5, 5.41) is 0. The van der Waals surface area contributed by atoms with Gasteiger partial charge in [0.05, 0.1) is 12.0 Å². The SMILES string of the molecule is COc1ccc(S(=O)(=O)NCCC(=O)N2CCN(C(C)=O)CC2)c(C)c1. The number of rotatable bonds is 6. The minimum atomic E-state index is -3.69. The molecule has 26 heavy (non-hydrogen) atoms. The van der Waals surface area contributed by atoms with Crippen LogP contribution in [0, 0.1) is 6.92 Å². The average molecular weight is 383 g/mol. The third-order valence-electron chi connectivity index (χ3n) is 4.38. The molecule has 1 saturated heterocycles. The molecular formula is C17H25N3O5S. The van der Waals surface area contributed by atoms with Gasteiger partial charge in [-0.15, -0.1) is 0 Å². The van der Waals surface area contributed by atoms with Gasteiger partial charge in [-0.25, -0.2) is 13.1 Å². The van der Waals surface area contributed by atoms with Crippen LogP contribution in [0.4, 0.5) is 0 Å². The Kier molecular flexibility index (Phi) is 6.60. The molecule has 144 valence electrons. The van der Waals surface area contributed by atoms with E-state index < -0.39 is 10.0 Å².